The Bertz CT molecular complexity index is 659. The van der Waals surface area contributed by atoms with Crippen molar-refractivity contribution in [3.63, 3.8) is 0 Å². The third-order valence-electron chi connectivity index (χ3n) is 4.00. The predicted molar refractivity (Wildman–Crippen MR) is 77.5 cm³/mol. The molecule has 0 radical (unpaired) electrons. The van der Waals surface area contributed by atoms with Crippen molar-refractivity contribution in [3.05, 3.63) is 52.8 Å². The van der Waals surface area contributed by atoms with Crippen LogP contribution in [-0.2, 0) is 13.5 Å². The minimum atomic E-state index is -0.0516. The third kappa shape index (κ3) is 2.22. The summed E-state index contributed by atoms with van der Waals surface area (Å²) < 4.78 is 1.64. The summed E-state index contributed by atoms with van der Waals surface area (Å²) in [6.07, 6.45) is 4.37. The Hall–Kier alpha value is -2.10. The highest BCUT2D eigenvalue weighted by Crippen LogP contribution is 2.36. The zero-order chi connectivity index (χ0) is 14.3. The van der Waals surface area contributed by atoms with Crippen LogP contribution in [0.25, 0.3) is 0 Å². The largest absolute Gasteiger partial charge is 0.345 e. The number of fused-ring (bicyclic) bond motifs is 1. The number of aromatic nitrogens is 2. The first-order valence-electron chi connectivity index (χ1n) is 6.93. The normalized spacial score (nSPS) is 20.8. The molecule has 0 saturated carbocycles. The molecule has 0 spiro atoms. The lowest BCUT2D eigenvalue weighted by Crippen LogP contribution is -2.30. The van der Waals surface area contributed by atoms with E-state index in [9.17, 15) is 4.79 Å². The summed E-state index contributed by atoms with van der Waals surface area (Å²) in [5.74, 6) is 0.372. The quantitative estimate of drug-likeness (QED) is 0.910. The van der Waals surface area contributed by atoms with Crippen LogP contribution < -0.4 is 5.32 Å². The van der Waals surface area contributed by atoms with Crippen molar-refractivity contribution in [1.29, 1.82) is 0 Å². The van der Waals surface area contributed by atoms with E-state index in [1.54, 1.807) is 17.1 Å². The Morgan fingerprint density at radius 2 is 2.25 bits per heavy atom. The van der Waals surface area contributed by atoms with Gasteiger partial charge in [-0.25, -0.2) is 0 Å². The molecule has 1 aromatic heterocycles. The highest BCUT2D eigenvalue weighted by Gasteiger charge is 2.30. The molecule has 0 bridgehead atoms. The summed E-state index contributed by atoms with van der Waals surface area (Å²) >= 11 is 0. The van der Waals surface area contributed by atoms with Gasteiger partial charge in [0.15, 0.2) is 0 Å². The van der Waals surface area contributed by atoms with Crippen molar-refractivity contribution in [2.24, 2.45) is 13.0 Å². The Kier molecular flexibility index (Phi) is 3.08. The van der Waals surface area contributed by atoms with E-state index in [2.05, 4.69) is 42.5 Å². The van der Waals surface area contributed by atoms with E-state index in [0.29, 0.717) is 11.5 Å². The van der Waals surface area contributed by atoms with Crippen molar-refractivity contribution in [2.45, 2.75) is 26.3 Å². The van der Waals surface area contributed by atoms with Crippen LogP contribution in [0.2, 0.25) is 0 Å². The van der Waals surface area contributed by atoms with Gasteiger partial charge in [-0.3, -0.25) is 9.48 Å². The molecule has 2 atom stereocenters. The molecule has 0 aliphatic heterocycles. The van der Waals surface area contributed by atoms with E-state index in [-0.39, 0.29) is 11.9 Å². The molecule has 1 aliphatic rings. The highest BCUT2D eigenvalue weighted by molar-refractivity contribution is 5.94. The number of nitrogens with zero attached hydrogens (tertiary/aromatic N) is 2. The number of carbonyl (C=O) groups excluding carboxylic acids is 1. The standard InChI is InChI=1S/C16H19N3O/c1-10-4-5-12-7-11(2)15(14(12)6-10)18-16(20)13-8-17-19(3)9-13/h4-6,8-9,11,15H,7H2,1-3H3,(H,18,20)/t11-,15-/m0/s1. The molecule has 1 aliphatic carbocycles. The molecule has 1 aromatic carbocycles. The third-order valence-corrected chi connectivity index (χ3v) is 4.00. The molecule has 20 heavy (non-hydrogen) atoms. The average molecular weight is 269 g/mol. The molecule has 104 valence electrons. The number of hydrogen-bond acceptors (Lipinski definition) is 2. The van der Waals surface area contributed by atoms with Crippen LogP contribution in [0.4, 0.5) is 0 Å². The lowest BCUT2D eigenvalue weighted by molar-refractivity contribution is 0.0927. The van der Waals surface area contributed by atoms with Crippen LogP contribution in [-0.4, -0.2) is 15.7 Å². The van der Waals surface area contributed by atoms with Crippen molar-refractivity contribution in [1.82, 2.24) is 15.1 Å². The van der Waals surface area contributed by atoms with Crippen molar-refractivity contribution < 1.29 is 4.79 Å². The van der Waals surface area contributed by atoms with E-state index in [4.69, 9.17) is 0 Å². The number of benzene rings is 1. The van der Waals surface area contributed by atoms with Crippen molar-refractivity contribution in [2.75, 3.05) is 0 Å². The summed E-state index contributed by atoms with van der Waals surface area (Å²) in [4.78, 5) is 12.3. The smallest absolute Gasteiger partial charge is 0.254 e. The van der Waals surface area contributed by atoms with Crippen LogP contribution in [0.15, 0.2) is 30.6 Å². The molecule has 4 nitrogen and oxygen atoms in total. The second-order valence-electron chi connectivity index (χ2n) is 5.74. The average Bonchev–Trinajstić information content (AvgIpc) is 2.95. The van der Waals surface area contributed by atoms with Gasteiger partial charge in [0.2, 0.25) is 0 Å². The van der Waals surface area contributed by atoms with E-state index >= 15 is 0 Å². The molecule has 1 amide bonds. The first-order chi connectivity index (χ1) is 9.54. The maximum Gasteiger partial charge on any atom is 0.254 e. The Labute approximate surface area is 118 Å². The van der Waals surface area contributed by atoms with Gasteiger partial charge in [-0.2, -0.15) is 5.10 Å². The summed E-state index contributed by atoms with van der Waals surface area (Å²) in [5.41, 5.74) is 4.45. The zero-order valence-corrected chi connectivity index (χ0v) is 12.1. The summed E-state index contributed by atoms with van der Waals surface area (Å²) in [7, 11) is 1.81. The summed E-state index contributed by atoms with van der Waals surface area (Å²) in [6.45, 7) is 4.27. The SMILES string of the molecule is Cc1ccc2c(c1)[C@@H](NC(=O)c1cnn(C)c1)[C@@H](C)C2. The first-order valence-corrected chi connectivity index (χ1v) is 6.93. The van der Waals surface area contributed by atoms with Gasteiger partial charge in [-0.05, 0) is 30.4 Å². The van der Waals surface area contributed by atoms with Gasteiger partial charge in [0, 0.05) is 13.2 Å². The number of rotatable bonds is 2. The van der Waals surface area contributed by atoms with Crippen molar-refractivity contribution in [3.8, 4) is 0 Å². The fourth-order valence-corrected chi connectivity index (χ4v) is 2.94. The van der Waals surface area contributed by atoms with Crippen molar-refractivity contribution >= 4 is 5.91 Å². The predicted octanol–water partition coefficient (Wildman–Crippen LogP) is 2.39. The van der Waals surface area contributed by atoms with E-state index in [1.165, 1.54) is 16.7 Å². The molecule has 4 heteroatoms. The highest BCUT2D eigenvalue weighted by atomic mass is 16.1. The lowest BCUT2D eigenvalue weighted by atomic mass is 10.0. The number of hydrogen-bond donors (Lipinski definition) is 1. The molecule has 0 saturated heterocycles. The molecule has 0 unspecified atom stereocenters. The summed E-state index contributed by atoms with van der Waals surface area (Å²) in [6, 6.07) is 6.60. The van der Waals surface area contributed by atoms with Crippen LogP contribution in [0.3, 0.4) is 0 Å². The second kappa shape index (κ2) is 4.78. The van der Waals surface area contributed by atoms with Gasteiger partial charge in [0.1, 0.15) is 0 Å². The van der Waals surface area contributed by atoms with Gasteiger partial charge in [-0.15, -0.1) is 0 Å². The fourth-order valence-electron chi connectivity index (χ4n) is 2.94. The molecule has 0 fully saturated rings. The summed E-state index contributed by atoms with van der Waals surface area (Å²) in [5, 5.41) is 7.19. The Balaban J connectivity index is 1.85. The van der Waals surface area contributed by atoms with E-state index in [1.807, 2.05) is 7.05 Å². The van der Waals surface area contributed by atoms with Crippen LogP contribution in [0.5, 0.6) is 0 Å². The maximum absolute atomic E-state index is 12.3. The fraction of sp³-hybridized carbons (Fsp3) is 0.375. The van der Waals surface area contributed by atoms with Gasteiger partial charge in [0.05, 0.1) is 17.8 Å². The number of carbonyl (C=O) groups is 1. The molecule has 1 heterocycles. The molecule has 1 N–H and O–H groups in total. The molecule has 3 rings (SSSR count). The van der Waals surface area contributed by atoms with Gasteiger partial charge in [0.25, 0.3) is 5.91 Å². The van der Waals surface area contributed by atoms with E-state index in [0.717, 1.165) is 6.42 Å². The van der Waals surface area contributed by atoms with Gasteiger partial charge >= 0.3 is 0 Å². The lowest BCUT2D eigenvalue weighted by Gasteiger charge is -2.18. The molecular formula is C16H19N3O. The molecule has 2 aromatic rings. The van der Waals surface area contributed by atoms with Crippen LogP contribution in [0, 0.1) is 12.8 Å². The molecular weight excluding hydrogens is 250 g/mol. The minimum absolute atomic E-state index is 0.0516. The maximum atomic E-state index is 12.3. The number of nitrogens with one attached hydrogen (secondary N) is 1. The van der Waals surface area contributed by atoms with Crippen LogP contribution >= 0.6 is 0 Å². The van der Waals surface area contributed by atoms with E-state index < -0.39 is 0 Å². The zero-order valence-electron chi connectivity index (χ0n) is 12.1. The minimum Gasteiger partial charge on any atom is -0.345 e. The Morgan fingerprint density at radius 1 is 1.45 bits per heavy atom. The topological polar surface area (TPSA) is 46.9 Å². The second-order valence-corrected chi connectivity index (χ2v) is 5.74. The van der Waals surface area contributed by atoms with Gasteiger partial charge < -0.3 is 5.32 Å². The number of amides is 1. The monoisotopic (exact) mass is 269 g/mol. The van der Waals surface area contributed by atoms with Gasteiger partial charge in [-0.1, -0.05) is 30.7 Å². The first kappa shape index (κ1) is 12.9. The Morgan fingerprint density at radius 3 is 2.95 bits per heavy atom. The number of aryl methyl sites for hydroxylation is 2. The van der Waals surface area contributed by atoms with Crippen LogP contribution in [0.1, 0.15) is 40.0 Å².